The molecule has 0 saturated heterocycles. The number of carbonyl (C=O) groups is 1. The summed E-state index contributed by atoms with van der Waals surface area (Å²) < 4.78 is 0. The normalized spacial score (nSPS) is 14.4. The Morgan fingerprint density at radius 2 is 2.15 bits per heavy atom. The van der Waals surface area contributed by atoms with Gasteiger partial charge >= 0.3 is 0 Å². The number of hydrogen-bond donors (Lipinski definition) is 1. The third-order valence-electron chi connectivity index (χ3n) is 3.69. The molecule has 2 nitrogen and oxygen atoms in total. The molecule has 0 amide bonds. The average Bonchev–Trinajstić information content (AvgIpc) is 3.10. The molecule has 2 aromatic heterocycles. The Hall–Kier alpha value is -1.52. The molecule has 0 spiro atoms. The molecule has 3 aromatic rings. The highest BCUT2D eigenvalue weighted by Gasteiger charge is 2.20. The fourth-order valence-electron chi connectivity index (χ4n) is 2.65. The number of thiophene rings is 1. The van der Waals surface area contributed by atoms with Gasteiger partial charge in [-0.15, -0.1) is 11.3 Å². The zero-order chi connectivity index (χ0) is 13.5. The van der Waals surface area contributed by atoms with E-state index in [1.807, 2.05) is 42.2 Å². The van der Waals surface area contributed by atoms with Gasteiger partial charge in [0, 0.05) is 33.3 Å². The van der Waals surface area contributed by atoms with E-state index in [0.717, 1.165) is 33.5 Å². The first-order chi connectivity index (χ1) is 9.83. The van der Waals surface area contributed by atoms with Crippen molar-refractivity contribution >= 4 is 39.8 Å². The molecule has 0 radical (unpaired) electrons. The molecule has 0 aliphatic carbocycles. The van der Waals surface area contributed by atoms with E-state index in [9.17, 15) is 4.79 Å². The van der Waals surface area contributed by atoms with Gasteiger partial charge in [-0.05, 0) is 29.9 Å². The van der Waals surface area contributed by atoms with Crippen LogP contribution >= 0.6 is 23.1 Å². The van der Waals surface area contributed by atoms with Crippen LogP contribution in [-0.4, -0.2) is 16.5 Å². The zero-order valence-electron chi connectivity index (χ0n) is 10.8. The zero-order valence-corrected chi connectivity index (χ0v) is 12.4. The molecule has 20 heavy (non-hydrogen) atoms. The highest BCUT2D eigenvalue weighted by molar-refractivity contribution is 7.98. The molecule has 1 aromatic carbocycles. The summed E-state index contributed by atoms with van der Waals surface area (Å²) in [5.41, 5.74) is 3.16. The standard InChI is InChI=1S/C16H13NOS2/c18-16(12-8-17-13-4-2-1-3-11(12)13)15-7-10-9-19-6-5-14(10)20-15/h1-4,7-8,17H,5-6,9H2. The predicted molar refractivity (Wildman–Crippen MR) is 85.9 cm³/mol. The van der Waals surface area contributed by atoms with Crippen molar-refractivity contribution in [2.75, 3.05) is 5.75 Å². The molecule has 3 heterocycles. The quantitative estimate of drug-likeness (QED) is 0.718. The van der Waals surface area contributed by atoms with Crippen LogP contribution < -0.4 is 0 Å². The number of rotatable bonds is 2. The van der Waals surface area contributed by atoms with E-state index in [1.54, 1.807) is 11.3 Å². The Labute approximate surface area is 125 Å². The van der Waals surface area contributed by atoms with E-state index >= 15 is 0 Å². The second-order valence-electron chi connectivity index (χ2n) is 4.94. The number of H-pyrrole nitrogens is 1. The van der Waals surface area contributed by atoms with Crippen LogP contribution in [0.5, 0.6) is 0 Å². The second-order valence-corrected chi connectivity index (χ2v) is 7.18. The summed E-state index contributed by atoms with van der Waals surface area (Å²) in [5, 5.41) is 1.01. The van der Waals surface area contributed by atoms with Crippen molar-refractivity contribution in [1.82, 2.24) is 4.98 Å². The summed E-state index contributed by atoms with van der Waals surface area (Å²) in [5.74, 6) is 2.37. The fraction of sp³-hybridized carbons (Fsp3) is 0.188. The highest BCUT2D eigenvalue weighted by atomic mass is 32.2. The minimum absolute atomic E-state index is 0.145. The van der Waals surface area contributed by atoms with E-state index in [2.05, 4.69) is 11.1 Å². The molecular weight excluding hydrogens is 286 g/mol. The van der Waals surface area contributed by atoms with Crippen molar-refractivity contribution < 1.29 is 4.79 Å². The molecule has 1 aliphatic heterocycles. The lowest BCUT2D eigenvalue weighted by molar-refractivity contribution is 0.104. The first kappa shape index (κ1) is 12.2. The van der Waals surface area contributed by atoms with Gasteiger partial charge in [-0.25, -0.2) is 0 Å². The molecule has 4 heteroatoms. The number of aromatic amines is 1. The van der Waals surface area contributed by atoms with Crippen LogP contribution in [0.2, 0.25) is 0 Å². The maximum atomic E-state index is 12.7. The number of aryl methyl sites for hydroxylation is 1. The lowest BCUT2D eigenvalue weighted by Gasteiger charge is -2.08. The molecule has 0 unspecified atom stereocenters. The second kappa shape index (κ2) is 4.79. The van der Waals surface area contributed by atoms with Gasteiger partial charge < -0.3 is 4.98 Å². The number of ketones is 1. The molecule has 0 atom stereocenters. The summed E-state index contributed by atoms with van der Waals surface area (Å²) >= 11 is 3.63. The summed E-state index contributed by atoms with van der Waals surface area (Å²) in [6.45, 7) is 0. The Balaban J connectivity index is 1.78. The van der Waals surface area contributed by atoms with Crippen LogP contribution in [-0.2, 0) is 12.2 Å². The molecule has 0 bridgehead atoms. The topological polar surface area (TPSA) is 32.9 Å². The number of benzene rings is 1. The molecule has 1 aliphatic rings. The first-order valence-corrected chi connectivity index (χ1v) is 8.60. The average molecular weight is 299 g/mol. The summed E-state index contributed by atoms with van der Waals surface area (Å²) in [7, 11) is 0. The van der Waals surface area contributed by atoms with Crippen molar-refractivity contribution in [3.8, 4) is 0 Å². The van der Waals surface area contributed by atoms with E-state index in [1.165, 1.54) is 16.2 Å². The fourth-order valence-corrected chi connectivity index (χ4v) is 4.98. The Kier molecular flexibility index (Phi) is 2.93. The maximum absolute atomic E-state index is 12.7. The van der Waals surface area contributed by atoms with Crippen LogP contribution in [0, 0.1) is 0 Å². The van der Waals surface area contributed by atoms with Crippen LogP contribution in [0.4, 0.5) is 0 Å². The summed E-state index contributed by atoms with van der Waals surface area (Å²) in [4.78, 5) is 18.2. The third-order valence-corrected chi connectivity index (χ3v) is 5.93. The molecule has 1 N–H and O–H groups in total. The Bertz CT molecular complexity index is 776. The maximum Gasteiger partial charge on any atom is 0.205 e. The lowest BCUT2D eigenvalue weighted by Crippen LogP contribution is -1.97. The minimum Gasteiger partial charge on any atom is -0.360 e. The van der Waals surface area contributed by atoms with E-state index in [-0.39, 0.29) is 5.78 Å². The SMILES string of the molecule is O=C(c1cc2c(s1)CCSC2)c1c[nH]c2ccccc12. The summed E-state index contributed by atoms with van der Waals surface area (Å²) in [6.07, 6.45) is 2.94. The number of para-hydroxylation sites is 1. The molecule has 4 rings (SSSR count). The molecule has 0 fully saturated rings. The molecular formula is C16H13NOS2. The number of fused-ring (bicyclic) bond motifs is 2. The lowest BCUT2D eigenvalue weighted by atomic mass is 10.1. The van der Waals surface area contributed by atoms with Gasteiger partial charge in [-0.1, -0.05) is 18.2 Å². The Morgan fingerprint density at radius 1 is 1.25 bits per heavy atom. The van der Waals surface area contributed by atoms with E-state index in [0.29, 0.717) is 0 Å². The predicted octanol–water partition coefficient (Wildman–Crippen LogP) is 4.25. The largest absolute Gasteiger partial charge is 0.360 e. The van der Waals surface area contributed by atoms with Gasteiger partial charge in [0.1, 0.15) is 0 Å². The number of thioether (sulfide) groups is 1. The van der Waals surface area contributed by atoms with Crippen molar-refractivity contribution in [1.29, 1.82) is 0 Å². The number of aromatic nitrogens is 1. The van der Waals surface area contributed by atoms with Gasteiger partial charge in [0.2, 0.25) is 5.78 Å². The van der Waals surface area contributed by atoms with Gasteiger partial charge in [-0.2, -0.15) is 11.8 Å². The van der Waals surface area contributed by atoms with Gasteiger partial charge in [-0.3, -0.25) is 4.79 Å². The van der Waals surface area contributed by atoms with Gasteiger partial charge in [0.25, 0.3) is 0 Å². The van der Waals surface area contributed by atoms with Gasteiger partial charge in [0.15, 0.2) is 0 Å². The van der Waals surface area contributed by atoms with Crippen molar-refractivity contribution in [3.63, 3.8) is 0 Å². The van der Waals surface area contributed by atoms with E-state index in [4.69, 9.17) is 0 Å². The van der Waals surface area contributed by atoms with Gasteiger partial charge in [0.05, 0.1) is 4.88 Å². The number of nitrogens with one attached hydrogen (secondary N) is 1. The van der Waals surface area contributed by atoms with Crippen molar-refractivity contribution in [2.24, 2.45) is 0 Å². The first-order valence-electron chi connectivity index (χ1n) is 6.63. The Morgan fingerprint density at radius 3 is 3.05 bits per heavy atom. The third kappa shape index (κ3) is 1.91. The van der Waals surface area contributed by atoms with Crippen LogP contribution in [0.1, 0.15) is 25.7 Å². The number of hydrogen-bond acceptors (Lipinski definition) is 3. The smallest absolute Gasteiger partial charge is 0.205 e. The molecule has 100 valence electrons. The van der Waals surface area contributed by atoms with Crippen LogP contribution in [0.15, 0.2) is 36.5 Å². The molecule has 0 saturated carbocycles. The minimum atomic E-state index is 0.145. The van der Waals surface area contributed by atoms with Crippen LogP contribution in [0.3, 0.4) is 0 Å². The monoisotopic (exact) mass is 299 g/mol. The van der Waals surface area contributed by atoms with Crippen molar-refractivity contribution in [3.05, 3.63) is 57.4 Å². The highest BCUT2D eigenvalue weighted by Crippen LogP contribution is 2.33. The number of carbonyl (C=O) groups excluding carboxylic acids is 1. The van der Waals surface area contributed by atoms with Crippen LogP contribution in [0.25, 0.3) is 10.9 Å². The van der Waals surface area contributed by atoms with E-state index < -0.39 is 0 Å². The van der Waals surface area contributed by atoms with Crippen molar-refractivity contribution in [2.45, 2.75) is 12.2 Å². The summed E-state index contributed by atoms with van der Waals surface area (Å²) in [6, 6.07) is 10.1.